The maximum absolute atomic E-state index is 11.3. The number of benzene rings is 1. The van der Waals surface area contributed by atoms with Gasteiger partial charge in [0, 0.05) is 37.0 Å². The van der Waals surface area contributed by atoms with Gasteiger partial charge < -0.3 is 10.6 Å². The average Bonchev–Trinajstić information content (AvgIpc) is 2.55. The van der Waals surface area contributed by atoms with Gasteiger partial charge in [0.15, 0.2) is 0 Å². The first kappa shape index (κ1) is 14.9. The summed E-state index contributed by atoms with van der Waals surface area (Å²) in [6.07, 6.45) is 5.05. The van der Waals surface area contributed by atoms with Crippen molar-refractivity contribution in [2.45, 2.75) is 12.8 Å². The number of carbonyl (C=O) groups is 1. The normalized spacial score (nSPS) is 15.8. The molecule has 1 amide bonds. The molecule has 1 fully saturated rings. The number of hydrogen-bond acceptors (Lipinski definition) is 3. The quantitative estimate of drug-likeness (QED) is 0.946. The van der Waals surface area contributed by atoms with E-state index < -0.39 is 0 Å². The standard InChI is InChI=1S/C17H18ClN3O/c18-15-11-20-10-14(12-4-2-1-3-5-12)16(15)21-8-6-13(7-9-21)17(19)22/h1-5,10-11,13H,6-9H2,(H2,19,22). The molecule has 0 saturated carbocycles. The fraction of sp³-hybridized carbons (Fsp3) is 0.294. The van der Waals surface area contributed by atoms with Crippen LogP contribution in [0.15, 0.2) is 42.7 Å². The van der Waals surface area contributed by atoms with Crippen LogP contribution in [-0.2, 0) is 4.79 Å². The molecule has 0 unspecified atom stereocenters. The zero-order chi connectivity index (χ0) is 15.5. The fourth-order valence-electron chi connectivity index (χ4n) is 2.97. The van der Waals surface area contributed by atoms with E-state index in [0.29, 0.717) is 5.02 Å². The van der Waals surface area contributed by atoms with Gasteiger partial charge in [0.25, 0.3) is 0 Å². The van der Waals surface area contributed by atoms with Crippen LogP contribution in [0.25, 0.3) is 11.1 Å². The van der Waals surface area contributed by atoms with Gasteiger partial charge in [0.05, 0.1) is 10.7 Å². The molecule has 0 bridgehead atoms. The number of halogens is 1. The van der Waals surface area contributed by atoms with E-state index in [1.54, 1.807) is 6.20 Å². The summed E-state index contributed by atoms with van der Waals surface area (Å²) in [6, 6.07) is 10.1. The second kappa shape index (κ2) is 6.36. The van der Waals surface area contributed by atoms with Gasteiger partial charge in [-0.05, 0) is 18.4 Å². The van der Waals surface area contributed by atoms with Crippen LogP contribution < -0.4 is 10.6 Å². The molecule has 0 atom stereocenters. The lowest BCUT2D eigenvalue weighted by atomic mass is 9.95. The van der Waals surface area contributed by atoms with Crippen molar-refractivity contribution in [1.82, 2.24) is 4.98 Å². The molecule has 4 nitrogen and oxygen atoms in total. The second-order valence-corrected chi connectivity index (χ2v) is 5.95. The molecule has 22 heavy (non-hydrogen) atoms. The van der Waals surface area contributed by atoms with Gasteiger partial charge in [-0.25, -0.2) is 0 Å². The summed E-state index contributed by atoms with van der Waals surface area (Å²) >= 11 is 6.42. The molecule has 2 N–H and O–H groups in total. The number of nitrogens with zero attached hydrogens (tertiary/aromatic N) is 2. The molecule has 114 valence electrons. The molecule has 2 aromatic rings. The molecule has 0 radical (unpaired) electrons. The first-order chi connectivity index (χ1) is 10.7. The Morgan fingerprint density at radius 2 is 1.86 bits per heavy atom. The Kier molecular flexibility index (Phi) is 4.29. The average molecular weight is 316 g/mol. The molecule has 0 aliphatic carbocycles. The number of aromatic nitrogens is 1. The van der Waals surface area contributed by atoms with Crippen LogP contribution in [-0.4, -0.2) is 24.0 Å². The maximum atomic E-state index is 11.3. The van der Waals surface area contributed by atoms with E-state index in [-0.39, 0.29) is 11.8 Å². The lowest BCUT2D eigenvalue weighted by molar-refractivity contribution is -0.122. The summed E-state index contributed by atoms with van der Waals surface area (Å²) in [4.78, 5) is 17.8. The van der Waals surface area contributed by atoms with Crippen LogP contribution in [0, 0.1) is 5.92 Å². The van der Waals surface area contributed by atoms with Crippen LogP contribution in [0.3, 0.4) is 0 Å². The minimum Gasteiger partial charge on any atom is -0.370 e. The highest BCUT2D eigenvalue weighted by Crippen LogP contribution is 2.37. The molecule has 1 saturated heterocycles. The largest absolute Gasteiger partial charge is 0.370 e. The third-order valence-electron chi connectivity index (χ3n) is 4.17. The molecule has 1 aromatic carbocycles. The molecular formula is C17H18ClN3O. The number of carbonyl (C=O) groups excluding carboxylic acids is 1. The van der Waals surface area contributed by atoms with Crippen molar-refractivity contribution >= 4 is 23.2 Å². The highest BCUT2D eigenvalue weighted by atomic mass is 35.5. The highest BCUT2D eigenvalue weighted by Gasteiger charge is 2.26. The Morgan fingerprint density at radius 1 is 1.18 bits per heavy atom. The highest BCUT2D eigenvalue weighted by molar-refractivity contribution is 6.33. The SMILES string of the molecule is NC(=O)C1CCN(c2c(Cl)cncc2-c2ccccc2)CC1. The number of primary amides is 1. The molecule has 2 heterocycles. The first-order valence-corrected chi connectivity index (χ1v) is 7.78. The molecule has 3 rings (SSSR count). The van der Waals surface area contributed by atoms with E-state index in [2.05, 4.69) is 9.88 Å². The Morgan fingerprint density at radius 3 is 2.50 bits per heavy atom. The summed E-state index contributed by atoms with van der Waals surface area (Å²) in [5, 5.41) is 0.638. The summed E-state index contributed by atoms with van der Waals surface area (Å²) < 4.78 is 0. The van der Waals surface area contributed by atoms with E-state index in [1.165, 1.54) is 0 Å². The number of nitrogens with two attached hydrogens (primary N) is 1. The maximum Gasteiger partial charge on any atom is 0.220 e. The van der Waals surface area contributed by atoms with Crippen LogP contribution in [0.1, 0.15) is 12.8 Å². The Bertz CT molecular complexity index is 667. The first-order valence-electron chi connectivity index (χ1n) is 7.40. The fourth-order valence-corrected chi connectivity index (χ4v) is 3.24. The van der Waals surface area contributed by atoms with E-state index in [0.717, 1.165) is 42.7 Å². The van der Waals surface area contributed by atoms with Crippen molar-refractivity contribution in [3.05, 3.63) is 47.7 Å². The minimum absolute atomic E-state index is 0.0305. The number of hydrogen-bond donors (Lipinski definition) is 1. The van der Waals surface area contributed by atoms with Crippen molar-refractivity contribution in [2.75, 3.05) is 18.0 Å². The smallest absolute Gasteiger partial charge is 0.220 e. The van der Waals surface area contributed by atoms with Crippen LogP contribution in [0.5, 0.6) is 0 Å². The van der Waals surface area contributed by atoms with E-state index in [9.17, 15) is 4.79 Å². The topological polar surface area (TPSA) is 59.2 Å². The molecule has 1 aliphatic rings. The van der Waals surface area contributed by atoms with Crippen LogP contribution in [0.2, 0.25) is 5.02 Å². The van der Waals surface area contributed by atoms with Crippen molar-refractivity contribution < 1.29 is 4.79 Å². The third kappa shape index (κ3) is 2.92. The third-order valence-corrected chi connectivity index (χ3v) is 4.45. The number of rotatable bonds is 3. The van der Waals surface area contributed by atoms with Gasteiger partial charge in [-0.1, -0.05) is 41.9 Å². The number of piperidine rings is 1. The van der Waals surface area contributed by atoms with Crippen molar-refractivity contribution in [2.24, 2.45) is 11.7 Å². The van der Waals surface area contributed by atoms with Gasteiger partial charge in [0.2, 0.25) is 5.91 Å². The van der Waals surface area contributed by atoms with Gasteiger partial charge in [0.1, 0.15) is 0 Å². The molecule has 1 aliphatic heterocycles. The van der Waals surface area contributed by atoms with Gasteiger partial charge in [-0.2, -0.15) is 0 Å². The van der Waals surface area contributed by atoms with Crippen LogP contribution in [0.4, 0.5) is 5.69 Å². The summed E-state index contributed by atoms with van der Waals surface area (Å²) in [5.74, 6) is -0.235. The van der Waals surface area contributed by atoms with E-state index in [4.69, 9.17) is 17.3 Å². The Labute approximate surface area is 134 Å². The molecule has 0 spiro atoms. The summed E-state index contributed by atoms with van der Waals surface area (Å²) in [5.41, 5.74) is 8.51. The Hall–Kier alpha value is -2.07. The van der Waals surface area contributed by atoms with Crippen LogP contribution >= 0.6 is 11.6 Å². The predicted octanol–water partition coefficient (Wildman–Crippen LogP) is 3.10. The van der Waals surface area contributed by atoms with E-state index >= 15 is 0 Å². The van der Waals surface area contributed by atoms with Gasteiger partial charge >= 0.3 is 0 Å². The predicted molar refractivity (Wildman–Crippen MR) is 88.8 cm³/mol. The van der Waals surface area contributed by atoms with Crippen molar-refractivity contribution in [3.8, 4) is 11.1 Å². The Balaban J connectivity index is 1.93. The summed E-state index contributed by atoms with van der Waals surface area (Å²) in [7, 11) is 0. The monoisotopic (exact) mass is 315 g/mol. The zero-order valence-corrected chi connectivity index (χ0v) is 13.0. The number of amides is 1. The molecule has 1 aromatic heterocycles. The van der Waals surface area contributed by atoms with Gasteiger partial charge in [-0.15, -0.1) is 0 Å². The number of anilines is 1. The van der Waals surface area contributed by atoms with E-state index in [1.807, 2.05) is 36.5 Å². The van der Waals surface area contributed by atoms with Crippen molar-refractivity contribution in [3.63, 3.8) is 0 Å². The summed E-state index contributed by atoms with van der Waals surface area (Å²) in [6.45, 7) is 1.55. The van der Waals surface area contributed by atoms with Crippen molar-refractivity contribution in [1.29, 1.82) is 0 Å². The number of pyridine rings is 1. The lowest BCUT2D eigenvalue weighted by Crippen LogP contribution is -2.38. The minimum atomic E-state index is -0.205. The van der Waals surface area contributed by atoms with Gasteiger partial charge in [-0.3, -0.25) is 9.78 Å². The lowest BCUT2D eigenvalue weighted by Gasteiger charge is -2.34. The molecular weight excluding hydrogens is 298 g/mol. The molecule has 5 heteroatoms. The zero-order valence-electron chi connectivity index (χ0n) is 12.2. The second-order valence-electron chi connectivity index (χ2n) is 5.55.